The lowest BCUT2D eigenvalue weighted by Crippen LogP contribution is -2.55. The zero-order valence-electron chi connectivity index (χ0n) is 18.4. The number of carbonyl (C=O) groups is 2. The molecule has 8 nitrogen and oxygen atoms in total. The molecule has 2 aromatic rings. The van der Waals surface area contributed by atoms with Crippen molar-refractivity contribution >= 4 is 30.3 Å². The van der Waals surface area contributed by atoms with E-state index in [1.54, 1.807) is 4.90 Å². The van der Waals surface area contributed by atoms with E-state index in [-0.39, 0.29) is 23.0 Å². The molecule has 1 fully saturated rings. The molecule has 0 unspecified atom stereocenters. The first-order valence-corrected chi connectivity index (χ1v) is 11.9. The summed E-state index contributed by atoms with van der Waals surface area (Å²) in [5, 5.41) is 2.95. The third-order valence-electron chi connectivity index (χ3n) is 5.80. The average molecular weight is 471 g/mol. The zero-order valence-corrected chi connectivity index (χ0v) is 19.2. The van der Waals surface area contributed by atoms with Gasteiger partial charge in [-0.15, -0.1) is 0 Å². The van der Waals surface area contributed by atoms with Gasteiger partial charge in [0.15, 0.2) is 0 Å². The van der Waals surface area contributed by atoms with Crippen molar-refractivity contribution in [3.8, 4) is 0 Å². The topological polar surface area (TPSA) is 123 Å². The van der Waals surface area contributed by atoms with Crippen LogP contribution in [0.2, 0.25) is 0 Å². The van der Waals surface area contributed by atoms with Gasteiger partial charge in [0.05, 0.1) is 0 Å². The van der Waals surface area contributed by atoms with E-state index in [0.717, 1.165) is 25.0 Å². The van der Waals surface area contributed by atoms with E-state index in [1.807, 2.05) is 27.7 Å². The Morgan fingerprint density at radius 2 is 1.91 bits per heavy atom. The van der Waals surface area contributed by atoms with Gasteiger partial charge in [-0.3, -0.25) is 14.2 Å². The van der Waals surface area contributed by atoms with Gasteiger partial charge in [-0.05, 0) is 43.4 Å². The van der Waals surface area contributed by atoms with E-state index >= 15 is 0 Å². The average Bonchev–Trinajstić information content (AvgIpc) is 3.28. The number of amides is 2. The zero-order chi connectivity index (χ0) is 24.1. The molecule has 0 spiro atoms. The molecule has 1 aliphatic rings. The molecule has 1 aromatic carbocycles. The Morgan fingerprint density at radius 1 is 1.25 bits per heavy atom. The Hall–Kier alpha value is -2.29. The number of fused-ring (bicyclic) bond motifs is 1. The monoisotopic (exact) mass is 471 g/mol. The summed E-state index contributed by atoms with van der Waals surface area (Å²) in [6.07, 6.45) is 1.81. The smallest absolute Gasteiger partial charge is 0.351 e. The second-order valence-electron chi connectivity index (χ2n) is 9.37. The number of hydrogen-bond acceptors (Lipinski definition) is 3. The second kappa shape index (κ2) is 8.24. The molecule has 176 valence electrons. The fourth-order valence-corrected chi connectivity index (χ4v) is 4.37. The Labute approximate surface area is 184 Å². The molecular weight excluding hydrogens is 443 g/mol. The highest BCUT2D eigenvalue weighted by Gasteiger charge is 2.50. The summed E-state index contributed by atoms with van der Waals surface area (Å²) in [6.45, 7) is 8.13. The minimum absolute atomic E-state index is 0.0492. The number of likely N-dealkylation sites (tertiary alicyclic amines) is 1. The van der Waals surface area contributed by atoms with Crippen LogP contribution in [-0.4, -0.2) is 50.1 Å². The maximum absolute atomic E-state index is 14.0. The van der Waals surface area contributed by atoms with Crippen molar-refractivity contribution < 1.29 is 32.7 Å². The SMILES string of the molecule is C[C@@H]1CCCN1C(=O)[C@@H](NC(=O)c1cc2cc(C(F)(F)P(=O)(O)O)ccc2[nH]1)C(C)(C)C. The molecule has 3 rings (SSSR count). The highest BCUT2D eigenvalue weighted by Crippen LogP contribution is 2.59. The van der Waals surface area contributed by atoms with E-state index in [9.17, 15) is 22.9 Å². The van der Waals surface area contributed by atoms with Gasteiger partial charge >= 0.3 is 13.3 Å². The summed E-state index contributed by atoms with van der Waals surface area (Å²) in [4.78, 5) is 48.5. The van der Waals surface area contributed by atoms with Crippen molar-refractivity contribution in [2.45, 2.75) is 58.3 Å². The molecule has 2 amide bonds. The second-order valence-corrected chi connectivity index (χ2v) is 11.0. The summed E-state index contributed by atoms with van der Waals surface area (Å²) >= 11 is 0. The minimum atomic E-state index is -5.71. The third kappa shape index (κ3) is 4.58. The van der Waals surface area contributed by atoms with Crippen molar-refractivity contribution in [3.05, 3.63) is 35.5 Å². The van der Waals surface area contributed by atoms with E-state index in [2.05, 4.69) is 10.3 Å². The lowest BCUT2D eigenvalue weighted by Gasteiger charge is -2.35. The highest BCUT2D eigenvalue weighted by atomic mass is 31.2. The molecule has 32 heavy (non-hydrogen) atoms. The lowest BCUT2D eigenvalue weighted by atomic mass is 9.85. The summed E-state index contributed by atoms with van der Waals surface area (Å²) < 4.78 is 39.2. The summed E-state index contributed by atoms with van der Waals surface area (Å²) in [5.74, 6) is -0.750. The molecule has 0 bridgehead atoms. The standard InChI is InChI=1S/C21H28F2N3O5P/c1-12-6-5-9-26(12)19(28)17(20(2,3)4)25-18(27)16-11-13-10-14(7-8-15(13)24-16)21(22,23)32(29,30)31/h7-8,10-12,17,24H,5-6,9H2,1-4H3,(H,25,27)(H2,29,30,31)/t12-,17-/m1/s1. The van der Waals surface area contributed by atoms with Crippen LogP contribution in [0.4, 0.5) is 8.78 Å². The Morgan fingerprint density at radius 3 is 2.44 bits per heavy atom. The van der Waals surface area contributed by atoms with Gasteiger partial charge in [0.2, 0.25) is 5.91 Å². The van der Waals surface area contributed by atoms with Crippen molar-refractivity contribution in [1.82, 2.24) is 15.2 Å². The molecule has 2 heterocycles. The predicted molar refractivity (Wildman–Crippen MR) is 115 cm³/mol. The van der Waals surface area contributed by atoms with Crippen LogP contribution in [0.1, 0.15) is 56.6 Å². The molecule has 2 atom stereocenters. The van der Waals surface area contributed by atoms with Crippen LogP contribution < -0.4 is 5.32 Å². The summed E-state index contributed by atoms with van der Waals surface area (Å²) in [5.41, 5.74) is -5.38. The van der Waals surface area contributed by atoms with Gasteiger partial charge in [0, 0.05) is 29.1 Å². The van der Waals surface area contributed by atoms with Crippen LogP contribution in [0.25, 0.3) is 10.9 Å². The maximum Gasteiger partial charge on any atom is 0.399 e. The lowest BCUT2D eigenvalue weighted by molar-refractivity contribution is -0.136. The first-order chi connectivity index (χ1) is 14.6. The quantitative estimate of drug-likeness (QED) is 0.497. The molecule has 1 aromatic heterocycles. The molecular formula is C21H28F2N3O5P. The van der Waals surface area contributed by atoms with Gasteiger partial charge in [-0.1, -0.05) is 26.8 Å². The number of hydrogen-bond donors (Lipinski definition) is 4. The van der Waals surface area contributed by atoms with Gasteiger partial charge in [-0.25, -0.2) is 0 Å². The molecule has 0 aliphatic carbocycles. The Kier molecular flexibility index (Phi) is 6.27. The van der Waals surface area contributed by atoms with Gasteiger partial charge in [0.25, 0.3) is 5.91 Å². The molecule has 0 saturated carbocycles. The third-order valence-corrected chi connectivity index (χ3v) is 6.79. The summed E-state index contributed by atoms with van der Waals surface area (Å²) in [6, 6.07) is 3.66. The fraction of sp³-hybridized carbons (Fsp3) is 0.524. The van der Waals surface area contributed by atoms with Crippen molar-refractivity contribution in [2.75, 3.05) is 6.54 Å². The number of alkyl halides is 2. The summed E-state index contributed by atoms with van der Waals surface area (Å²) in [7, 11) is -5.71. The number of rotatable bonds is 5. The predicted octanol–water partition coefficient (Wildman–Crippen LogP) is 3.55. The normalized spacial score (nSPS) is 18.8. The first-order valence-electron chi connectivity index (χ1n) is 10.3. The molecule has 1 aliphatic heterocycles. The fourth-order valence-electron chi connectivity index (χ4n) is 3.89. The van der Waals surface area contributed by atoms with Crippen LogP contribution in [-0.2, 0) is 15.0 Å². The largest absolute Gasteiger partial charge is 0.399 e. The molecule has 11 heteroatoms. The van der Waals surface area contributed by atoms with E-state index in [4.69, 9.17) is 9.79 Å². The van der Waals surface area contributed by atoms with Gasteiger partial charge in [0.1, 0.15) is 11.7 Å². The van der Waals surface area contributed by atoms with Crippen LogP contribution in [0, 0.1) is 5.41 Å². The van der Waals surface area contributed by atoms with E-state index < -0.39 is 36.2 Å². The van der Waals surface area contributed by atoms with Gasteiger partial charge in [-0.2, -0.15) is 8.78 Å². The Balaban J connectivity index is 1.88. The number of nitrogens with one attached hydrogen (secondary N) is 2. The highest BCUT2D eigenvalue weighted by molar-refractivity contribution is 7.52. The first kappa shape index (κ1) is 24.4. The molecule has 0 radical (unpaired) electrons. The number of nitrogens with zero attached hydrogens (tertiary/aromatic N) is 1. The van der Waals surface area contributed by atoms with Gasteiger partial charge < -0.3 is 25.0 Å². The molecule has 4 N–H and O–H groups in total. The number of carbonyl (C=O) groups excluding carboxylic acids is 2. The van der Waals surface area contributed by atoms with Crippen LogP contribution in [0.5, 0.6) is 0 Å². The van der Waals surface area contributed by atoms with Crippen molar-refractivity contribution in [2.24, 2.45) is 5.41 Å². The van der Waals surface area contributed by atoms with Crippen molar-refractivity contribution in [3.63, 3.8) is 0 Å². The number of benzene rings is 1. The number of aromatic nitrogens is 1. The van der Waals surface area contributed by atoms with Crippen LogP contribution in [0.15, 0.2) is 24.3 Å². The Bertz CT molecular complexity index is 1090. The van der Waals surface area contributed by atoms with E-state index in [1.165, 1.54) is 12.1 Å². The van der Waals surface area contributed by atoms with Crippen molar-refractivity contribution in [1.29, 1.82) is 0 Å². The minimum Gasteiger partial charge on any atom is -0.351 e. The van der Waals surface area contributed by atoms with Crippen LogP contribution in [0.3, 0.4) is 0 Å². The maximum atomic E-state index is 14.0. The number of aromatic amines is 1. The van der Waals surface area contributed by atoms with Crippen LogP contribution >= 0.6 is 7.60 Å². The molecule has 1 saturated heterocycles. The number of H-pyrrole nitrogens is 1. The number of halogens is 2. The van der Waals surface area contributed by atoms with E-state index in [0.29, 0.717) is 12.1 Å².